The van der Waals surface area contributed by atoms with Crippen molar-refractivity contribution in [3.63, 3.8) is 0 Å². The minimum Gasteiger partial charge on any atom is -0.493 e. The van der Waals surface area contributed by atoms with E-state index in [1.807, 2.05) is 40.9 Å². The van der Waals surface area contributed by atoms with Crippen LogP contribution in [0, 0.1) is 0 Å². The van der Waals surface area contributed by atoms with E-state index in [1.54, 1.807) is 18.2 Å². The minimum absolute atomic E-state index is 0.0904. The van der Waals surface area contributed by atoms with Crippen molar-refractivity contribution in [2.24, 2.45) is 0 Å². The number of amides is 1. The molecule has 2 unspecified atom stereocenters. The second-order valence-electron chi connectivity index (χ2n) is 10.9. The number of hydrogen-bond donors (Lipinski definition) is 2. The van der Waals surface area contributed by atoms with Gasteiger partial charge in [-0.15, -0.1) is 0 Å². The van der Waals surface area contributed by atoms with Gasteiger partial charge in [-0.1, -0.05) is 24.3 Å². The first kappa shape index (κ1) is 28.5. The summed E-state index contributed by atoms with van der Waals surface area (Å²) < 4.78 is 11.4. The zero-order valence-electron chi connectivity index (χ0n) is 22.8. The minimum atomic E-state index is -0.819. The van der Waals surface area contributed by atoms with Crippen molar-refractivity contribution in [2.75, 3.05) is 19.8 Å². The summed E-state index contributed by atoms with van der Waals surface area (Å²) >= 11 is 0. The van der Waals surface area contributed by atoms with Gasteiger partial charge in [-0.3, -0.25) is 9.59 Å². The monoisotopic (exact) mass is 547 g/mol. The molecule has 4 atom stereocenters. The van der Waals surface area contributed by atoms with E-state index in [9.17, 15) is 24.6 Å². The molecule has 2 aromatic rings. The van der Waals surface area contributed by atoms with Gasteiger partial charge in [-0.25, -0.2) is 0 Å². The van der Waals surface area contributed by atoms with Crippen LogP contribution in [0.15, 0.2) is 42.5 Å². The predicted octanol–water partition coefficient (Wildman–Crippen LogP) is 2.01. The van der Waals surface area contributed by atoms with Gasteiger partial charge in [0.2, 0.25) is 0 Å². The number of nitrogens with zero attached hydrogens (tertiary/aromatic N) is 2. The van der Waals surface area contributed by atoms with Crippen molar-refractivity contribution in [1.82, 2.24) is 9.71 Å². The number of hydrogen-bond acceptors (Lipinski definition) is 8. The smallest absolute Gasteiger partial charge is 0.293 e. The summed E-state index contributed by atoms with van der Waals surface area (Å²) in [5.74, 6) is -0.00605. The molecule has 1 radical (unpaired) electrons. The normalized spacial score (nSPS) is 25.0. The highest BCUT2D eigenvalue weighted by Gasteiger charge is 2.41. The Balaban J connectivity index is 1.27. The van der Waals surface area contributed by atoms with Gasteiger partial charge in [0.05, 0.1) is 55.9 Å². The second kappa shape index (κ2) is 12.6. The van der Waals surface area contributed by atoms with Gasteiger partial charge in [0, 0.05) is 24.6 Å². The molecule has 3 aliphatic heterocycles. The van der Waals surface area contributed by atoms with E-state index in [1.165, 1.54) is 7.41 Å². The molecule has 5 rings (SSSR count). The van der Waals surface area contributed by atoms with Crippen molar-refractivity contribution >= 4 is 25.3 Å². The Bertz CT molecular complexity index is 1230. The first-order valence-corrected chi connectivity index (χ1v) is 14.1. The molecule has 3 aliphatic rings. The maximum absolute atomic E-state index is 13.5. The van der Waals surface area contributed by atoms with E-state index in [4.69, 9.17) is 9.47 Å². The maximum atomic E-state index is 13.5. The summed E-state index contributed by atoms with van der Waals surface area (Å²) in [5, 5.41) is 21.2. The number of aliphatic hydroxyl groups excluding tert-OH is 2. The van der Waals surface area contributed by atoms with Crippen molar-refractivity contribution in [3.8, 4) is 5.75 Å². The van der Waals surface area contributed by atoms with Crippen LogP contribution in [0.3, 0.4) is 0 Å². The van der Waals surface area contributed by atoms with Gasteiger partial charge in [-0.2, -0.15) is 0 Å². The number of rotatable bonds is 10. The molecule has 2 bridgehead atoms. The lowest BCUT2D eigenvalue weighted by atomic mass is 9.81. The Labute approximate surface area is 235 Å². The van der Waals surface area contributed by atoms with Crippen LogP contribution in [0.4, 0.5) is 0 Å². The first-order valence-electron chi connectivity index (χ1n) is 14.1. The lowest BCUT2D eigenvalue weighted by Gasteiger charge is -2.47. The van der Waals surface area contributed by atoms with Crippen LogP contribution in [-0.4, -0.2) is 95.4 Å². The Hall–Kier alpha value is -3.05. The number of aliphatic hydroxyl groups is 2. The van der Waals surface area contributed by atoms with Crippen LogP contribution >= 0.6 is 0 Å². The Morgan fingerprint density at radius 2 is 1.88 bits per heavy atom. The largest absolute Gasteiger partial charge is 0.493 e. The molecule has 0 saturated carbocycles. The number of fused-ring (bicyclic) bond motifs is 3. The summed E-state index contributed by atoms with van der Waals surface area (Å²) in [6, 6.07) is 12.2. The van der Waals surface area contributed by atoms with Crippen LogP contribution in [-0.2, 0) is 22.5 Å². The predicted molar refractivity (Wildman–Crippen MR) is 149 cm³/mol. The summed E-state index contributed by atoms with van der Waals surface area (Å²) in [4.78, 5) is 41.7. The summed E-state index contributed by atoms with van der Waals surface area (Å²) in [6.07, 6.45) is 1.32. The average Bonchev–Trinajstić information content (AvgIpc) is 2.95. The molecule has 2 fully saturated rings. The van der Waals surface area contributed by atoms with Gasteiger partial charge in [0.15, 0.2) is 5.78 Å². The highest BCUT2D eigenvalue weighted by Crippen LogP contribution is 2.32. The lowest BCUT2D eigenvalue weighted by molar-refractivity contribution is -0.0871. The first-order chi connectivity index (χ1) is 19.4. The van der Waals surface area contributed by atoms with Crippen molar-refractivity contribution < 1.29 is 34.1 Å². The molecule has 9 nitrogen and oxygen atoms in total. The summed E-state index contributed by atoms with van der Waals surface area (Å²) in [7, 11) is 1.46. The zero-order chi connectivity index (χ0) is 28.2. The van der Waals surface area contributed by atoms with E-state index >= 15 is 0 Å². The Kier molecular flexibility index (Phi) is 9.00. The third-order valence-electron chi connectivity index (χ3n) is 8.25. The number of ketones is 1. The van der Waals surface area contributed by atoms with Crippen molar-refractivity contribution in [2.45, 2.75) is 75.9 Å². The molecule has 40 heavy (non-hydrogen) atoms. The van der Waals surface area contributed by atoms with Gasteiger partial charge in [0.25, 0.3) is 13.3 Å². The molecule has 3 heterocycles. The fraction of sp³-hybridized carbons (Fsp3) is 0.500. The third kappa shape index (κ3) is 6.00. The molecule has 211 valence electrons. The van der Waals surface area contributed by atoms with Crippen LogP contribution in [0.2, 0.25) is 0 Å². The molecule has 2 aromatic carbocycles. The molecular weight excluding hydrogens is 511 g/mol. The molecule has 0 spiro atoms. The second-order valence-corrected chi connectivity index (χ2v) is 10.9. The van der Waals surface area contributed by atoms with E-state index in [0.29, 0.717) is 62.5 Å². The summed E-state index contributed by atoms with van der Waals surface area (Å²) in [5.41, 5.74) is 3.04. The number of carbonyl (C=O) groups is 3. The summed E-state index contributed by atoms with van der Waals surface area (Å²) in [6.45, 7) is 3.46. The number of carbonyl (C=O) groups excluding carboxylic acids is 3. The average molecular weight is 547 g/mol. The van der Waals surface area contributed by atoms with Crippen LogP contribution in [0.25, 0.3) is 0 Å². The third-order valence-corrected chi connectivity index (χ3v) is 8.25. The maximum Gasteiger partial charge on any atom is 0.293 e. The number of ether oxygens (including phenoxy) is 2. The van der Waals surface area contributed by atoms with E-state index in [-0.39, 0.29) is 42.7 Å². The highest BCUT2D eigenvalue weighted by atomic mass is 16.5. The topological polar surface area (TPSA) is 117 Å². The van der Waals surface area contributed by atoms with Crippen molar-refractivity contribution in [3.05, 3.63) is 64.7 Å². The van der Waals surface area contributed by atoms with Gasteiger partial charge < -0.3 is 34.2 Å². The van der Waals surface area contributed by atoms with Crippen LogP contribution in [0.1, 0.15) is 64.4 Å². The highest BCUT2D eigenvalue weighted by molar-refractivity contribution is 6.64. The van der Waals surface area contributed by atoms with Crippen molar-refractivity contribution in [1.29, 1.82) is 0 Å². The molecule has 10 heteroatoms. The number of morpholine rings is 1. The van der Waals surface area contributed by atoms with Crippen LogP contribution in [0.5, 0.6) is 5.75 Å². The molecule has 0 aromatic heterocycles. The quantitative estimate of drug-likeness (QED) is 0.264. The van der Waals surface area contributed by atoms with E-state index < -0.39 is 12.2 Å². The Morgan fingerprint density at radius 3 is 2.58 bits per heavy atom. The Morgan fingerprint density at radius 1 is 1.15 bits per heavy atom. The fourth-order valence-corrected chi connectivity index (χ4v) is 6.30. The van der Waals surface area contributed by atoms with Gasteiger partial charge >= 0.3 is 0 Å². The van der Waals surface area contributed by atoms with E-state index in [0.717, 1.165) is 17.3 Å². The van der Waals surface area contributed by atoms with Gasteiger partial charge in [-0.05, 0) is 61.9 Å². The van der Waals surface area contributed by atoms with Crippen LogP contribution < -0.4 is 4.74 Å². The number of benzene rings is 2. The molecular formula is C30H36BN2O7. The number of Topliss-reactive ketones (excluding diaryl/α,β-unsaturated/α-hetero) is 1. The molecule has 1 amide bonds. The zero-order valence-corrected chi connectivity index (χ0v) is 22.8. The number of piperidine rings is 1. The molecule has 2 saturated heterocycles. The van der Waals surface area contributed by atoms with E-state index in [2.05, 4.69) is 0 Å². The van der Waals surface area contributed by atoms with Gasteiger partial charge in [0.1, 0.15) is 5.75 Å². The molecule has 2 N–H and O–H groups in total. The lowest BCUT2D eigenvalue weighted by Crippen LogP contribution is -2.60. The SMILES string of the molecule is CCOc1cc(C(=O)N2C3COCC2CC(O)C3)ccc1C(=O)CC[C@@H](O)[C@@H]1Cc2ccccc2CN1[B]C=O. The fourth-order valence-electron chi connectivity index (χ4n) is 6.30. The standard InChI is InChI=1S/C30H36BN2O7/c1-2-40-29-12-20(30(38)33-22-13-24(35)14-23(33)17-39-16-22)7-8-25(29)27(36)9-10-28(37)26-11-19-5-3-4-6-21(19)15-32(26)31-18-34/h3-8,12,18,22-24,26,28,35,37H,2,9-11,13-17H2,1H3/t22?,23?,24?,26-,28+/m0/s1. The molecule has 0 aliphatic carbocycles.